The Morgan fingerprint density at radius 3 is 2.65 bits per heavy atom. The third-order valence-corrected chi connectivity index (χ3v) is 7.22. The molecule has 3 aromatic rings. The van der Waals surface area contributed by atoms with Gasteiger partial charge in [0.15, 0.2) is 6.61 Å². The van der Waals surface area contributed by atoms with Crippen LogP contribution in [0, 0.1) is 0 Å². The quantitative estimate of drug-likeness (QED) is 0.426. The Morgan fingerprint density at radius 2 is 1.85 bits per heavy atom. The number of amides is 1. The summed E-state index contributed by atoms with van der Waals surface area (Å²) in [5.74, 6) is -0.748. The third kappa shape index (κ3) is 4.68. The Hall–Kier alpha value is -2.89. The van der Waals surface area contributed by atoms with Crippen LogP contribution >= 0.6 is 23.2 Å². The topological polar surface area (TPSA) is 68.3 Å². The van der Waals surface area contributed by atoms with Crippen molar-refractivity contribution in [3.05, 3.63) is 74.9 Å². The summed E-state index contributed by atoms with van der Waals surface area (Å²) in [6, 6.07) is 13.2. The predicted octanol–water partition coefficient (Wildman–Crippen LogP) is 6.24. The minimum atomic E-state index is -0.493. The molecular formula is C27H24Cl2N2O3. The number of nitrogens with zero attached hydrogens (tertiary/aromatic N) is 1. The molecule has 1 amide bonds. The first kappa shape index (κ1) is 22.9. The van der Waals surface area contributed by atoms with Crippen LogP contribution in [-0.2, 0) is 16.0 Å². The third-order valence-electron chi connectivity index (χ3n) is 6.49. The summed E-state index contributed by atoms with van der Waals surface area (Å²) in [4.78, 5) is 30.4. The van der Waals surface area contributed by atoms with Crippen LogP contribution < -0.4 is 5.32 Å². The molecule has 2 aliphatic carbocycles. The Kier molecular flexibility index (Phi) is 6.57. The first-order valence-electron chi connectivity index (χ1n) is 11.5. The monoisotopic (exact) mass is 494 g/mol. The molecule has 1 saturated carbocycles. The van der Waals surface area contributed by atoms with E-state index in [-0.39, 0.29) is 18.6 Å². The van der Waals surface area contributed by atoms with Crippen molar-refractivity contribution in [1.82, 2.24) is 10.3 Å². The van der Waals surface area contributed by atoms with Crippen molar-refractivity contribution in [1.29, 1.82) is 0 Å². The average molecular weight is 495 g/mol. The normalized spacial score (nSPS) is 16.7. The highest BCUT2D eigenvalue weighted by molar-refractivity contribution is 6.42. The molecule has 2 aromatic carbocycles. The van der Waals surface area contributed by atoms with E-state index in [0.29, 0.717) is 27.5 Å². The van der Waals surface area contributed by atoms with Crippen molar-refractivity contribution in [3.8, 4) is 0 Å². The largest absolute Gasteiger partial charge is 0.452 e. The summed E-state index contributed by atoms with van der Waals surface area (Å²) in [5, 5.41) is 4.68. The van der Waals surface area contributed by atoms with Gasteiger partial charge in [-0.25, -0.2) is 9.78 Å². The van der Waals surface area contributed by atoms with Gasteiger partial charge in [-0.1, -0.05) is 60.3 Å². The highest BCUT2D eigenvalue weighted by atomic mass is 35.5. The highest BCUT2D eigenvalue weighted by Gasteiger charge is 2.28. The highest BCUT2D eigenvalue weighted by Crippen LogP contribution is 2.38. The van der Waals surface area contributed by atoms with Crippen molar-refractivity contribution in [2.75, 3.05) is 6.61 Å². The molecule has 5 rings (SSSR count). The van der Waals surface area contributed by atoms with E-state index >= 15 is 0 Å². The fraction of sp³-hybridized carbons (Fsp3) is 0.296. The zero-order chi connectivity index (χ0) is 23.7. The number of benzene rings is 2. The lowest BCUT2D eigenvalue weighted by Gasteiger charge is -2.14. The second kappa shape index (κ2) is 9.77. The number of esters is 1. The van der Waals surface area contributed by atoms with Gasteiger partial charge in [-0.15, -0.1) is 0 Å². The van der Waals surface area contributed by atoms with Gasteiger partial charge < -0.3 is 10.1 Å². The van der Waals surface area contributed by atoms with Gasteiger partial charge >= 0.3 is 5.97 Å². The first-order chi connectivity index (χ1) is 16.5. The van der Waals surface area contributed by atoms with Crippen molar-refractivity contribution in [2.24, 2.45) is 0 Å². The molecule has 1 heterocycles. The zero-order valence-electron chi connectivity index (χ0n) is 18.6. The molecule has 7 heteroatoms. The molecule has 0 saturated heterocycles. The molecule has 1 fully saturated rings. The molecular weight excluding hydrogens is 471 g/mol. The van der Waals surface area contributed by atoms with Gasteiger partial charge in [-0.05, 0) is 66.7 Å². The number of carbonyl (C=O) groups is 2. The summed E-state index contributed by atoms with van der Waals surface area (Å²) in [6.45, 7) is -0.285. The Balaban J connectivity index is 1.45. The number of pyridine rings is 1. The lowest BCUT2D eigenvalue weighted by molar-refractivity contribution is -0.124. The summed E-state index contributed by atoms with van der Waals surface area (Å²) in [5.41, 5.74) is 4.78. The van der Waals surface area contributed by atoms with E-state index in [0.717, 1.165) is 59.9 Å². The zero-order valence-corrected chi connectivity index (χ0v) is 20.1. The van der Waals surface area contributed by atoms with Crippen LogP contribution in [0.15, 0.2) is 42.5 Å². The maximum Gasteiger partial charge on any atom is 0.339 e. The van der Waals surface area contributed by atoms with Gasteiger partial charge in [-0.2, -0.15) is 0 Å². The van der Waals surface area contributed by atoms with Gasteiger partial charge in [0.05, 0.1) is 26.8 Å². The van der Waals surface area contributed by atoms with Gasteiger partial charge in [-0.3, -0.25) is 4.79 Å². The van der Waals surface area contributed by atoms with Crippen molar-refractivity contribution < 1.29 is 14.3 Å². The molecule has 1 aromatic heterocycles. The summed E-state index contributed by atoms with van der Waals surface area (Å²) < 4.78 is 5.49. The van der Waals surface area contributed by atoms with E-state index in [1.807, 2.05) is 42.5 Å². The van der Waals surface area contributed by atoms with E-state index in [4.69, 9.17) is 32.9 Å². The molecule has 0 atom stereocenters. The molecule has 0 aliphatic heterocycles. The molecule has 0 radical (unpaired) electrons. The summed E-state index contributed by atoms with van der Waals surface area (Å²) >= 11 is 12.2. The second-order valence-electron chi connectivity index (χ2n) is 8.80. The van der Waals surface area contributed by atoms with Gasteiger partial charge in [0.2, 0.25) is 0 Å². The van der Waals surface area contributed by atoms with Crippen LogP contribution in [0.3, 0.4) is 0 Å². The van der Waals surface area contributed by atoms with Gasteiger partial charge in [0.1, 0.15) is 0 Å². The number of hydrogen-bond donors (Lipinski definition) is 1. The molecule has 1 N–H and O–H groups in total. The molecule has 5 nitrogen and oxygen atoms in total. The van der Waals surface area contributed by atoms with Crippen molar-refractivity contribution in [2.45, 2.75) is 44.6 Å². The lowest BCUT2D eigenvalue weighted by Crippen LogP contribution is -2.36. The molecule has 0 spiro atoms. The molecule has 174 valence electrons. The van der Waals surface area contributed by atoms with E-state index < -0.39 is 5.97 Å². The number of aromatic nitrogens is 1. The standard InChI is InChI=1S/C27H24Cl2N2O3/c28-21-12-9-16(14-22(21)29)13-17-10-11-20-25(19-7-3-4-8-23(19)31-26(17)20)27(33)34-15-24(32)30-18-5-1-2-6-18/h3-4,7-9,12-14,18H,1-2,5-6,10-11,15H2,(H,30,32). The number of nitrogens with one attached hydrogen (secondary N) is 1. The number of allylic oxidation sites excluding steroid dienone is 1. The van der Waals surface area contributed by atoms with Crippen LogP contribution in [0.5, 0.6) is 0 Å². The number of rotatable bonds is 5. The van der Waals surface area contributed by atoms with E-state index in [1.165, 1.54) is 0 Å². The van der Waals surface area contributed by atoms with Crippen molar-refractivity contribution >= 4 is 57.6 Å². The van der Waals surface area contributed by atoms with E-state index in [9.17, 15) is 9.59 Å². The number of ether oxygens (including phenoxy) is 1. The molecule has 2 aliphatic rings. The van der Waals surface area contributed by atoms with E-state index in [2.05, 4.69) is 5.32 Å². The van der Waals surface area contributed by atoms with Gasteiger partial charge in [0, 0.05) is 11.4 Å². The minimum absolute atomic E-state index is 0.186. The fourth-order valence-electron chi connectivity index (χ4n) is 4.86. The number of carbonyl (C=O) groups excluding carboxylic acids is 2. The molecule has 0 bridgehead atoms. The van der Waals surface area contributed by atoms with Crippen LogP contribution in [0.1, 0.15) is 59.3 Å². The maximum absolute atomic E-state index is 13.2. The summed E-state index contributed by atoms with van der Waals surface area (Å²) in [7, 11) is 0. The van der Waals surface area contributed by atoms with Gasteiger partial charge in [0.25, 0.3) is 5.91 Å². The number of halogens is 2. The average Bonchev–Trinajstić information content (AvgIpc) is 3.48. The van der Waals surface area contributed by atoms with Crippen LogP contribution in [0.4, 0.5) is 0 Å². The molecule has 0 unspecified atom stereocenters. The number of hydrogen-bond acceptors (Lipinski definition) is 4. The SMILES string of the molecule is O=C(COC(=O)c1c2c(nc3ccccc13)C(=Cc1ccc(Cl)c(Cl)c1)CC2)NC1CCCC1. The van der Waals surface area contributed by atoms with Crippen molar-refractivity contribution in [3.63, 3.8) is 0 Å². The lowest BCUT2D eigenvalue weighted by atomic mass is 10.0. The maximum atomic E-state index is 13.2. The predicted molar refractivity (Wildman–Crippen MR) is 135 cm³/mol. The smallest absolute Gasteiger partial charge is 0.339 e. The van der Waals surface area contributed by atoms with E-state index in [1.54, 1.807) is 6.07 Å². The minimum Gasteiger partial charge on any atom is -0.452 e. The number of para-hydroxylation sites is 1. The summed E-state index contributed by atoms with van der Waals surface area (Å²) in [6.07, 6.45) is 7.64. The Morgan fingerprint density at radius 1 is 1.06 bits per heavy atom. The first-order valence-corrected chi connectivity index (χ1v) is 12.3. The second-order valence-corrected chi connectivity index (χ2v) is 9.61. The van der Waals surface area contributed by atoms with Crippen LogP contribution in [0.2, 0.25) is 10.0 Å². The van der Waals surface area contributed by atoms with Crippen LogP contribution in [0.25, 0.3) is 22.6 Å². The number of fused-ring (bicyclic) bond motifs is 2. The Labute approximate surface area is 208 Å². The van der Waals surface area contributed by atoms with Crippen LogP contribution in [-0.4, -0.2) is 29.5 Å². The molecule has 34 heavy (non-hydrogen) atoms. The Bertz CT molecular complexity index is 1310. The fourth-order valence-corrected chi connectivity index (χ4v) is 5.16.